The Labute approximate surface area is 103 Å². The molecule has 0 aromatic heterocycles. The zero-order valence-corrected chi connectivity index (χ0v) is 10.5. The van der Waals surface area contributed by atoms with E-state index < -0.39 is 0 Å². The average Bonchev–Trinajstić information content (AvgIpc) is 2.75. The van der Waals surface area contributed by atoms with Crippen molar-refractivity contribution >= 4 is 5.91 Å². The third-order valence-corrected chi connectivity index (χ3v) is 3.20. The zero-order valence-electron chi connectivity index (χ0n) is 10.5. The van der Waals surface area contributed by atoms with Crippen LogP contribution in [0, 0.1) is 0 Å². The van der Waals surface area contributed by atoms with Gasteiger partial charge < -0.3 is 10.6 Å². The van der Waals surface area contributed by atoms with Crippen molar-refractivity contribution in [3.63, 3.8) is 0 Å². The van der Waals surface area contributed by atoms with Crippen molar-refractivity contribution in [3.05, 3.63) is 34.9 Å². The maximum absolute atomic E-state index is 12.0. The molecule has 1 atom stereocenters. The lowest BCUT2D eigenvalue weighted by Gasteiger charge is -2.13. The van der Waals surface area contributed by atoms with Gasteiger partial charge in [0.1, 0.15) is 0 Å². The van der Waals surface area contributed by atoms with Crippen molar-refractivity contribution in [2.45, 2.75) is 45.8 Å². The summed E-state index contributed by atoms with van der Waals surface area (Å²) in [5.74, 6) is 0.0423. The number of fused-ring (bicyclic) bond motifs is 1. The summed E-state index contributed by atoms with van der Waals surface area (Å²) in [5, 5.41) is 6.31. The molecule has 1 heterocycles. The maximum atomic E-state index is 12.0. The van der Waals surface area contributed by atoms with Crippen LogP contribution in [-0.2, 0) is 13.1 Å². The fourth-order valence-electron chi connectivity index (χ4n) is 2.25. The monoisotopic (exact) mass is 232 g/mol. The highest BCUT2D eigenvalue weighted by Crippen LogP contribution is 2.17. The molecule has 0 aliphatic carbocycles. The van der Waals surface area contributed by atoms with Gasteiger partial charge >= 0.3 is 0 Å². The first-order chi connectivity index (χ1) is 8.20. The molecular formula is C14H20N2O. The van der Waals surface area contributed by atoms with Crippen LogP contribution in [0.4, 0.5) is 0 Å². The van der Waals surface area contributed by atoms with Crippen LogP contribution in [0.15, 0.2) is 18.2 Å². The Morgan fingerprint density at radius 1 is 1.41 bits per heavy atom. The molecule has 92 valence electrons. The van der Waals surface area contributed by atoms with Gasteiger partial charge in [-0.2, -0.15) is 0 Å². The van der Waals surface area contributed by atoms with E-state index in [2.05, 4.69) is 30.5 Å². The van der Waals surface area contributed by atoms with E-state index in [1.165, 1.54) is 11.1 Å². The van der Waals surface area contributed by atoms with Crippen molar-refractivity contribution in [3.8, 4) is 0 Å². The van der Waals surface area contributed by atoms with Gasteiger partial charge in [0.15, 0.2) is 0 Å². The Kier molecular flexibility index (Phi) is 3.79. The van der Waals surface area contributed by atoms with Gasteiger partial charge in [0, 0.05) is 24.7 Å². The Morgan fingerprint density at radius 3 is 2.94 bits per heavy atom. The SMILES string of the molecule is CCCC(C)NC(=O)c1ccc2c(c1)CNC2. The summed E-state index contributed by atoms with van der Waals surface area (Å²) in [6, 6.07) is 6.22. The van der Waals surface area contributed by atoms with Gasteiger partial charge in [-0.3, -0.25) is 4.79 Å². The van der Waals surface area contributed by atoms with Crippen molar-refractivity contribution < 1.29 is 4.79 Å². The molecule has 17 heavy (non-hydrogen) atoms. The lowest BCUT2D eigenvalue weighted by atomic mass is 10.1. The molecule has 1 aliphatic heterocycles. The van der Waals surface area contributed by atoms with E-state index in [0.717, 1.165) is 31.5 Å². The molecule has 0 saturated carbocycles. The fraction of sp³-hybridized carbons (Fsp3) is 0.500. The van der Waals surface area contributed by atoms with E-state index in [1.807, 2.05) is 12.1 Å². The predicted octanol–water partition coefficient (Wildman–Crippen LogP) is 2.21. The van der Waals surface area contributed by atoms with Crippen LogP contribution >= 0.6 is 0 Å². The van der Waals surface area contributed by atoms with E-state index in [1.54, 1.807) is 0 Å². The molecule has 0 radical (unpaired) electrons. The molecule has 1 aromatic rings. The van der Waals surface area contributed by atoms with Gasteiger partial charge in [-0.05, 0) is 36.6 Å². The average molecular weight is 232 g/mol. The number of rotatable bonds is 4. The van der Waals surface area contributed by atoms with Crippen LogP contribution in [0.1, 0.15) is 48.2 Å². The molecule has 2 rings (SSSR count). The second kappa shape index (κ2) is 5.32. The molecule has 0 spiro atoms. The van der Waals surface area contributed by atoms with Crippen molar-refractivity contribution in [1.82, 2.24) is 10.6 Å². The first-order valence-corrected chi connectivity index (χ1v) is 6.34. The fourth-order valence-corrected chi connectivity index (χ4v) is 2.25. The third-order valence-electron chi connectivity index (χ3n) is 3.20. The molecule has 0 bridgehead atoms. The smallest absolute Gasteiger partial charge is 0.251 e. The number of carbonyl (C=O) groups excluding carboxylic acids is 1. The first-order valence-electron chi connectivity index (χ1n) is 6.34. The van der Waals surface area contributed by atoms with E-state index in [0.29, 0.717) is 0 Å². The largest absolute Gasteiger partial charge is 0.350 e. The highest BCUT2D eigenvalue weighted by molar-refractivity contribution is 5.94. The van der Waals surface area contributed by atoms with Gasteiger partial charge in [-0.15, -0.1) is 0 Å². The van der Waals surface area contributed by atoms with Gasteiger partial charge in [0.25, 0.3) is 5.91 Å². The van der Waals surface area contributed by atoms with Crippen molar-refractivity contribution in [2.75, 3.05) is 0 Å². The molecule has 2 N–H and O–H groups in total. The summed E-state index contributed by atoms with van der Waals surface area (Å²) >= 11 is 0. The normalized spacial score (nSPS) is 15.4. The minimum atomic E-state index is 0.0423. The van der Waals surface area contributed by atoms with Gasteiger partial charge in [0.05, 0.1) is 0 Å². The summed E-state index contributed by atoms with van der Waals surface area (Å²) in [6.45, 7) is 5.98. The molecule has 1 aromatic carbocycles. The van der Waals surface area contributed by atoms with Crippen molar-refractivity contribution in [2.24, 2.45) is 0 Å². The minimum absolute atomic E-state index is 0.0423. The summed E-state index contributed by atoms with van der Waals surface area (Å²) in [5.41, 5.74) is 3.33. The second-order valence-corrected chi connectivity index (χ2v) is 4.75. The topological polar surface area (TPSA) is 41.1 Å². The quantitative estimate of drug-likeness (QED) is 0.835. The summed E-state index contributed by atoms with van der Waals surface area (Å²) in [7, 11) is 0. The molecule has 0 fully saturated rings. The van der Waals surface area contributed by atoms with Crippen LogP contribution in [0.2, 0.25) is 0 Å². The lowest BCUT2D eigenvalue weighted by molar-refractivity contribution is 0.0938. The zero-order chi connectivity index (χ0) is 12.3. The first kappa shape index (κ1) is 12.1. The summed E-state index contributed by atoms with van der Waals surface area (Å²) in [6.07, 6.45) is 2.12. The van der Waals surface area contributed by atoms with Crippen LogP contribution in [0.5, 0.6) is 0 Å². The van der Waals surface area contributed by atoms with Gasteiger partial charge in [0.2, 0.25) is 0 Å². The van der Waals surface area contributed by atoms with Crippen LogP contribution in [-0.4, -0.2) is 11.9 Å². The third kappa shape index (κ3) is 2.86. The highest BCUT2D eigenvalue weighted by atomic mass is 16.1. The predicted molar refractivity (Wildman–Crippen MR) is 68.8 cm³/mol. The van der Waals surface area contributed by atoms with Crippen LogP contribution in [0.3, 0.4) is 0 Å². The Hall–Kier alpha value is -1.35. The second-order valence-electron chi connectivity index (χ2n) is 4.75. The lowest BCUT2D eigenvalue weighted by Crippen LogP contribution is -2.32. The van der Waals surface area contributed by atoms with E-state index in [-0.39, 0.29) is 11.9 Å². The molecule has 3 nitrogen and oxygen atoms in total. The number of hydrogen-bond donors (Lipinski definition) is 2. The van der Waals surface area contributed by atoms with E-state index in [4.69, 9.17) is 0 Å². The standard InChI is InChI=1S/C14H20N2O/c1-3-4-10(2)16-14(17)11-5-6-12-8-15-9-13(12)7-11/h5-7,10,15H,3-4,8-9H2,1-2H3,(H,16,17). The highest BCUT2D eigenvalue weighted by Gasteiger charge is 2.14. The number of carbonyl (C=O) groups is 1. The van der Waals surface area contributed by atoms with E-state index in [9.17, 15) is 4.79 Å². The van der Waals surface area contributed by atoms with Gasteiger partial charge in [-0.25, -0.2) is 0 Å². The number of hydrogen-bond acceptors (Lipinski definition) is 2. The van der Waals surface area contributed by atoms with Crippen LogP contribution in [0.25, 0.3) is 0 Å². The molecule has 0 saturated heterocycles. The molecule has 1 unspecified atom stereocenters. The van der Waals surface area contributed by atoms with E-state index >= 15 is 0 Å². The summed E-state index contributed by atoms with van der Waals surface area (Å²) in [4.78, 5) is 12.0. The Bertz CT molecular complexity index is 415. The molecule has 1 aliphatic rings. The molecular weight excluding hydrogens is 212 g/mol. The van der Waals surface area contributed by atoms with Gasteiger partial charge in [-0.1, -0.05) is 19.4 Å². The van der Waals surface area contributed by atoms with Crippen LogP contribution < -0.4 is 10.6 Å². The maximum Gasteiger partial charge on any atom is 0.251 e. The number of benzene rings is 1. The Morgan fingerprint density at radius 2 is 2.18 bits per heavy atom. The molecule has 1 amide bonds. The number of amides is 1. The summed E-state index contributed by atoms with van der Waals surface area (Å²) < 4.78 is 0. The Balaban J connectivity index is 2.04. The number of nitrogens with one attached hydrogen (secondary N) is 2. The molecule has 3 heteroatoms. The minimum Gasteiger partial charge on any atom is -0.350 e. The van der Waals surface area contributed by atoms with Crippen molar-refractivity contribution in [1.29, 1.82) is 0 Å².